The quantitative estimate of drug-likeness (QED) is 0.292. The summed E-state index contributed by atoms with van der Waals surface area (Å²) in [6.45, 7) is 0. The zero-order valence-electron chi connectivity index (χ0n) is 13.1. The molecule has 4 N–H and O–H groups in total. The van der Waals surface area contributed by atoms with Crippen molar-refractivity contribution in [3.05, 3.63) is 83.2 Å². The molecule has 6 heteroatoms. The zero-order chi connectivity index (χ0) is 18.1. The van der Waals surface area contributed by atoms with E-state index in [0.717, 1.165) is 6.08 Å². The molecule has 0 fully saturated rings. The summed E-state index contributed by atoms with van der Waals surface area (Å²) in [5.74, 6) is -0.881. The molecule has 0 unspecified atom stereocenters. The van der Waals surface area contributed by atoms with Crippen molar-refractivity contribution in [3.63, 3.8) is 0 Å². The van der Waals surface area contributed by atoms with E-state index in [2.05, 4.69) is 11.0 Å². The van der Waals surface area contributed by atoms with Crippen molar-refractivity contribution in [2.45, 2.75) is 0 Å². The maximum absolute atomic E-state index is 12.1. The van der Waals surface area contributed by atoms with Crippen molar-refractivity contribution >= 4 is 24.0 Å². The molecule has 0 aliphatic carbocycles. The normalized spacial score (nSPS) is 9.96. The van der Waals surface area contributed by atoms with Crippen LogP contribution in [0.4, 0.5) is 0 Å². The molecule has 0 bridgehead atoms. The number of phenols is 1. The third-order valence-electron chi connectivity index (χ3n) is 3.15. The van der Waals surface area contributed by atoms with E-state index in [4.69, 9.17) is 5.21 Å². The van der Waals surface area contributed by atoms with Crippen LogP contribution in [0.3, 0.4) is 0 Å². The molecule has 0 atom stereocenters. The Morgan fingerprint density at radius 3 is 2.64 bits per heavy atom. The van der Waals surface area contributed by atoms with Gasteiger partial charge in [-0.1, -0.05) is 30.3 Å². The van der Waals surface area contributed by atoms with Gasteiger partial charge in [-0.25, -0.2) is 5.48 Å². The smallest absolute Gasteiger partial charge is 0.267 e. The van der Waals surface area contributed by atoms with Crippen LogP contribution in [-0.4, -0.2) is 22.1 Å². The average molecular weight is 336 g/mol. The van der Waals surface area contributed by atoms with Gasteiger partial charge in [0.25, 0.3) is 11.8 Å². The van der Waals surface area contributed by atoms with E-state index in [1.165, 1.54) is 17.8 Å². The first-order chi connectivity index (χ1) is 12.1. The molecular formula is C19H16N2O4. The number of aromatic hydroxyl groups is 1. The fraction of sp³-hybridized carbons (Fsp3) is 0. The van der Waals surface area contributed by atoms with E-state index in [1.54, 1.807) is 54.6 Å². The van der Waals surface area contributed by atoms with Crippen molar-refractivity contribution in [2.75, 3.05) is 0 Å². The molecule has 2 aromatic carbocycles. The molecule has 2 rings (SSSR count). The molecule has 0 saturated heterocycles. The fourth-order valence-electron chi connectivity index (χ4n) is 1.92. The van der Waals surface area contributed by atoms with Gasteiger partial charge in [0, 0.05) is 23.4 Å². The first-order valence-electron chi connectivity index (χ1n) is 7.32. The lowest BCUT2D eigenvalue weighted by atomic mass is 10.1. The number of hydrogen-bond acceptors (Lipinski definition) is 4. The topological polar surface area (TPSA) is 98.7 Å². The number of carbonyl (C=O) groups is 2. The first kappa shape index (κ1) is 17.7. The van der Waals surface area contributed by atoms with Crippen LogP contribution in [0.25, 0.3) is 12.2 Å². The third kappa shape index (κ3) is 5.51. The van der Waals surface area contributed by atoms with Crippen molar-refractivity contribution in [3.8, 4) is 5.75 Å². The van der Waals surface area contributed by atoms with Crippen molar-refractivity contribution in [1.29, 1.82) is 0 Å². The molecule has 0 heterocycles. The standard InChI is InChI=1S/C19H16N2O4/c22-17-9-2-1-6-15(17)8-4-12-20-19(24)16-7-3-5-14(13-16)10-11-18(23)21-25/h1-3,5-13,22,25H,(H,20,24)(H,21,23). The Morgan fingerprint density at radius 2 is 1.88 bits per heavy atom. The number of rotatable bonds is 5. The van der Waals surface area contributed by atoms with Gasteiger partial charge in [0.05, 0.1) is 0 Å². The highest BCUT2D eigenvalue weighted by Gasteiger charge is 2.03. The highest BCUT2D eigenvalue weighted by molar-refractivity contribution is 5.96. The van der Waals surface area contributed by atoms with Gasteiger partial charge in [-0.15, -0.1) is 5.73 Å². The van der Waals surface area contributed by atoms with Gasteiger partial charge in [-0.3, -0.25) is 14.8 Å². The fourth-order valence-corrected chi connectivity index (χ4v) is 1.92. The number of benzene rings is 2. The number of carbonyl (C=O) groups excluding carboxylic acids is 2. The Bertz CT molecular complexity index is 865. The van der Waals surface area contributed by atoms with Gasteiger partial charge < -0.3 is 10.4 Å². The largest absolute Gasteiger partial charge is 0.507 e. The Labute approximate surface area is 144 Å². The monoisotopic (exact) mass is 336 g/mol. The lowest BCUT2D eigenvalue weighted by molar-refractivity contribution is -0.124. The molecular weight excluding hydrogens is 320 g/mol. The van der Waals surface area contributed by atoms with Crippen molar-refractivity contribution in [2.24, 2.45) is 0 Å². The van der Waals surface area contributed by atoms with Crippen LogP contribution in [-0.2, 0) is 4.79 Å². The first-order valence-corrected chi connectivity index (χ1v) is 7.32. The van der Waals surface area contributed by atoms with E-state index < -0.39 is 5.91 Å². The summed E-state index contributed by atoms with van der Waals surface area (Å²) < 4.78 is 0. The second kappa shape index (κ2) is 8.88. The van der Waals surface area contributed by atoms with Crippen molar-refractivity contribution in [1.82, 2.24) is 10.8 Å². The van der Waals surface area contributed by atoms with Gasteiger partial charge in [0.2, 0.25) is 0 Å². The van der Waals surface area contributed by atoms with Crippen LogP contribution in [0.2, 0.25) is 0 Å². The van der Waals surface area contributed by atoms with Crippen LogP contribution in [0, 0.1) is 0 Å². The minimum atomic E-state index is -0.660. The summed E-state index contributed by atoms with van der Waals surface area (Å²) >= 11 is 0. The van der Waals surface area contributed by atoms with Crippen molar-refractivity contribution < 1.29 is 19.9 Å². The average Bonchev–Trinajstić information content (AvgIpc) is 2.64. The number of phenolic OH excluding ortho intramolecular Hbond substituents is 1. The highest BCUT2D eigenvalue weighted by Crippen LogP contribution is 2.16. The maximum atomic E-state index is 12.1. The minimum Gasteiger partial charge on any atom is -0.507 e. The Hall–Kier alpha value is -3.60. The molecule has 0 aliphatic rings. The molecule has 0 saturated carbocycles. The number of hydrogen-bond donors (Lipinski definition) is 4. The summed E-state index contributed by atoms with van der Waals surface area (Å²) in [4.78, 5) is 23.0. The van der Waals surface area contributed by atoms with Gasteiger partial charge in [-0.2, -0.15) is 0 Å². The van der Waals surface area contributed by atoms with E-state index in [9.17, 15) is 14.7 Å². The minimum absolute atomic E-state index is 0.126. The molecule has 6 nitrogen and oxygen atoms in total. The molecule has 25 heavy (non-hydrogen) atoms. The SMILES string of the molecule is O=C(C=Cc1cccc(C(=O)NC=C=Cc2ccccc2O)c1)NO. The summed E-state index contributed by atoms with van der Waals surface area (Å²) in [7, 11) is 0. The van der Waals surface area contributed by atoms with Gasteiger partial charge in [-0.05, 0) is 35.9 Å². The summed E-state index contributed by atoms with van der Waals surface area (Å²) in [6, 6.07) is 13.4. The second-order valence-electron chi connectivity index (χ2n) is 4.92. The lowest BCUT2D eigenvalue weighted by Gasteiger charge is -2.01. The molecule has 0 aromatic heterocycles. The zero-order valence-corrected chi connectivity index (χ0v) is 13.1. The van der Waals surface area contributed by atoms with Crippen LogP contribution < -0.4 is 10.8 Å². The van der Waals surface area contributed by atoms with E-state index in [-0.39, 0.29) is 11.7 Å². The Kier molecular flexibility index (Phi) is 6.31. The van der Waals surface area contributed by atoms with Gasteiger partial charge in [0.15, 0.2) is 0 Å². The van der Waals surface area contributed by atoms with E-state index in [0.29, 0.717) is 16.7 Å². The second-order valence-corrected chi connectivity index (χ2v) is 4.92. The van der Waals surface area contributed by atoms with Gasteiger partial charge in [0.1, 0.15) is 5.75 Å². The van der Waals surface area contributed by atoms with E-state index >= 15 is 0 Å². The molecule has 0 radical (unpaired) electrons. The van der Waals surface area contributed by atoms with Crippen LogP contribution in [0.5, 0.6) is 5.75 Å². The maximum Gasteiger partial charge on any atom is 0.267 e. The van der Waals surface area contributed by atoms with Crippen LogP contribution in [0.15, 0.2) is 66.5 Å². The Balaban J connectivity index is 2.04. The molecule has 126 valence electrons. The highest BCUT2D eigenvalue weighted by atomic mass is 16.5. The molecule has 0 aliphatic heterocycles. The summed E-state index contributed by atoms with van der Waals surface area (Å²) in [6.07, 6.45) is 5.50. The number of para-hydroxylation sites is 1. The molecule has 2 aromatic rings. The van der Waals surface area contributed by atoms with Gasteiger partial charge >= 0.3 is 0 Å². The number of nitrogens with one attached hydrogen (secondary N) is 2. The van der Waals surface area contributed by atoms with E-state index in [1.807, 2.05) is 0 Å². The predicted molar refractivity (Wildman–Crippen MR) is 93.5 cm³/mol. The Morgan fingerprint density at radius 1 is 1.08 bits per heavy atom. The number of amides is 2. The molecule has 2 amide bonds. The summed E-state index contributed by atoms with van der Waals surface area (Å²) in [5, 5.41) is 20.6. The third-order valence-corrected chi connectivity index (χ3v) is 3.15. The lowest BCUT2D eigenvalue weighted by Crippen LogP contribution is -2.16. The predicted octanol–water partition coefficient (Wildman–Crippen LogP) is 2.47. The summed E-state index contributed by atoms with van der Waals surface area (Å²) in [5.41, 5.74) is 5.86. The van der Waals surface area contributed by atoms with Crippen LogP contribution >= 0.6 is 0 Å². The van der Waals surface area contributed by atoms with Crippen LogP contribution in [0.1, 0.15) is 21.5 Å². The molecule has 0 spiro atoms. The number of hydroxylamine groups is 1.